The quantitative estimate of drug-likeness (QED) is 0.813. The molecule has 0 aromatic heterocycles. The minimum absolute atomic E-state index is 0.0713. The van der Waals surface area contributed by atoms with Crippen molar-refractivity contribution in [2.75, 3.05) is 19.7 Å². The maximum absolute atomic E-state index is 12.6. The molecule has 1 amide bonds. The summed E-state index contributed by atoms with van der Waals surface area (Å²) in [4.78, 5) is 12.6. The van der Waals surface area contributed by atoms with Gasteiger partial charge in [-0.15, -0.1) is 0 Å². The van der Waals surface area contributed by atoms with Gasteiger partial charge in [0.25, 0.3) is 0 Å². The number of hydrogen-bond donors (Lipinski definition) is 2. The minimum Gasteiger partial charge on any atom is -0.493 e. The van der Waals surface area contributed by atoms with Crippen LogP contribution in [-0.4, -0.2) is 31.6 Å². The van der Waals surface area contributed by atoms with Crippen LogP contribution in [0.15, 0.2) is 24.3 Å². The zero-order chi connectivity index (χ0) is 16.9. The van der Waals surface area contributed by atoms with Crippen LogP contribution < -0.4 is 15.4 Å². The Kier molecular flexibility index (Phi) is 6.05. The van der Waals surface area contributed by atoms with Gasteiger partial charge in [-0.05, 0) is 56.8 Å². The maximum atomic E-state index is 12.6. The zero-order valence-corrected chi connectivity index (χ0v) is 14.8. The van der Waals surface area contributed by atoms with E-state index in [0.717, 1.165) is 24.3 Å². The Bertz CT molecular complexity index is 503. The summed E-state index contributed by atoms with van der Waals surface area (Å²) < 4.78 is 5.70. The van der Waals surface area contributed by atoms with E-state index in [1.54, 1.807) is 0 Å². The fourth-order valence-corrected chi connectivity index (χ4v) is 2.73. The molecule has 0 aliphatic carbocycles. The number of hydrogen-bond acceptors (Lipinski definition) is 3. The fraction of sp³-hybridized carbons (Fsp3) is 0.632. The topological polar surface area (TPSA) is 50.4 Å². The van der Waals surface area contributed by atoms with Crippen molar-refractivity contribution in [2.45, 2.75) is 52.0 Å². The second-order valence-electron chi connectivity index (χ2n) is 7.36. The van der Waals surface area contributed by atoms with Crippen LogP contribution >= 0.6 is 0 Å². The van der Waals surface area contributed by atoms with Crippen LogP contribution in [0.2, 0.25) is 0 Å². The van der Waals surface area contributed by atoms with E-state index >= 15 is 0 Å². The van der Waals surface area contributed by atoms with Crippen LogP contribution in [0.1, 0.15) is 46.1 Å². The molecule has 0 saturated carbocycles. The molecule has 0 radical (unpaired) electrons. The molecule has 1 aliphatic rings. The largest absolute Gasteiger partial charge is 0.493 e. The Hall–Kier alpha value is -1.55. The Morgan fingerprint density at radius 3 is 2.61 bits per heavy atom. The Balaban J connectivity index is 1.92. The number of carbonyl (C=O) groups excluding carboxylic acids is 1. The minimum atomic E-state index is -0.546. The summed E-state index contributed by atoms with van der Waals surface area (Å²) in [6.07, 6.45) is 2.34. The first-order valence-corrected chi connectivity index (χ1v) is 8.64. The van der Waals surface area contributed by atoms with Gasteiger partial charge >= 0.3 is 0 Å². The summed E-state index contributed by atoms with van der Waals surface area (Å²) >= 11 is 0. The molecule has 2 N–H and O–H groups in total. The van der Waals surface area contributed by atoms with Crippen molar-refractivity contribution in [1.29, 1.82) is 0 Å². The molecule has 4 heteroatoms. The van der Waals surface area contributed by atoms with Crippen molar-refractivity contribution in [1.82, 2.24) is 10.6 Å². The van der Waals surface area contributed by atoms with Gasteiger partial charge in [0, 0.05) is 12.6 Å². The summed E-state index contributed by atoms with van der Waals surface area (Å²) in [5.41, 5.74) is 0.459. The lowest BCUT2D eigenvalue weighted by molar-refractivity contribution is -0.125. The molecule has 1 atom stereocenters. The van der Waals surface area contributed by atoms with E-state index in [4.69, 9.17) is 4.74 Å². The predicted molar refractivity (Wildman–Crippen MR) is 93.8 cm³/mol. The molecule has 1 aromatic carbocycles. The zero-order valence-electron chi connectivity index (χ0n) is 14.8. The Labute approximate surface area is 140 Å². The van der Waals surface area contributed by atoms with Gasteiger partial charge in [-0.25, -0.2) is 0 Å². The molecule has 23 heavy (non-hydrogen) atoms. The third kappa shape index (κ3) is 4.96. The lowest BCUT2D eigenvalue weighted by Crippen LogP contribution is -2.45. The van der Waals surface area contributed by atoms with Crippen LogP contribution in [0.5, 0.6) is 5.75 Å². The molecule has 1 heterocycles. The van der Waals surface area contributed by atoms with Crippen molar-refractivity contribution in [2.24, 2.45) is 5.92 Å². The van der Waals surface area contributed by atoms with Gasteiger partial charge < -0.3 is 15.4 Å². The smallest absolute Gasteiger partial charge is 0.230 e. The van der Waals surface area contributed by atoms with Crippen LogP contribution in [0.25, 0.3) is 0 Å². The fourth-order valence-electron chi connectivity index (χ4n) is 2.73. The maximum Gasteiger partial charge on any atom is 0.230 e. The highest BCUT2D eigenvalue weighted by atomic mass is 16.5. The van der Waals surface area contributed by atoms with E-state index in [0.29, 0.717) is 25.1 Å². The molecule has 1 saturated heterocycles. The average Bonchev–Trinajstić information content (AvgIpc) is 3.04. The van der Waals surface area contributed by atoms with Crippen LogP contribution in [0, 0.1) is 5.92 Å². The van der Waals surface area contributed by atoms with Gasteiger partial charge in [0.2, 0.25) is 5.91 Å². The summed E-state index contributed by atoms with van der Waals surface area (Å²) in [6, 6.07) is 8.30. The first kappa shape index (κ1) is 17.8. The summed E-state index contributed by atoms with van der Waals surface area (Å²) in [5.74, 6) is 1.43. The van der Waals surface area contributed by atoms with E-state index in [2.05, 4.69) is 24.5 Å². The predicted octanol–water partition coefficient (Wildman–Crippen LogP) is 2.87. The van der Waals surface area contributed by atoms with Crippen molar-refractivity contribution in [3.05, 3.63) is 29.8 Å². The molecule has 0 spiro atoms. The monoisotopic (exact) mass is 318 g/mol. The molecule has 1 fully saturated rings. The van der Waals surface area contributed by atoms with Crippen LogP contribution in [0.4, 0.5) is 0 Å². The van der Waals surface area contributed by atoms with E-state index in [1.807, 2.05) is 38.1 Å². The van der Waals surface area contributed by atoms with Gasteiger partial charge in [-0.3, -0.25) is 4.79 Å². The van der Waals surface area contributed by atoms with E-state index in [1.165, 1.54) is 6.42 Å². The summed E-state index contributed by atoms with van der Waals surface area (Å²) in [7, 11) is 0. The number of nitrogens with one attached hydrogen (secondary N) is 2. The Morgan fingerprint density at radius 1 is 1.35 bits per heavy atom. The van der Waals surface area contributed by atoms with Gasteiger partial charge in [0.15, 0.2) is 0 Å². The average molecular weight is 318 g/mol. The molecule has 2 rings (SSSR count). The third-order valence-electron chi connectivity index (χ3n) is 4.40. The number of benzene rings is 1. The SMILES string of the molecule is CC(C)COc1ccc(C(C)(C)C(=O)NCC2CCCN2)cc1. The third-order valence-corrected chi connectivity index (χ3v) is 4.40. The number of ether oxygens (including phenoxy) is 1. The van der Waals surface area contributed by atoms with Gasteiger partial charge in [0.1, 0.15) is 5.75 Å². The first-order valence-electron chi connectivity index (χ1n) is 8.64. The van der Waals surface area contributed by atoms with E-state index in [-0.39, 0.29) is 5.91 Å². The standard InChI is InChI=1S/C19H30N2O2/c1-14(2)13-23-17-9-7-15(8-10-17)19(3,4)18(22)21-12-16-6-5-11-20-16/h7-10,14,16,20H,5-6,11-13H2,1-4H3,(H,21,22). The first-order chi connectivity index (χ1) is 10.9. The molecular formula is C19H30N2O2. The van der Waals surface area contributed by atoms with Crippen LogP contribution in [0.3, 0.4) is 0 Å². The second-order valence-corrected chi connectivity index (χ2v) is 7.36. The van der Waals surface area contributed by atoms with E-state index < -0.39 is 5.41 Å². The van der Waals surface area contributed by atoms with Crippen LogP contribution in [-0.2, 0) is 10.2 Å². The molecule has 0 bridgehead atoms. The summed E-state index contributed by atoms with van der Waals surface area (Å²) in [5, 5.41) is 6.49. The van der Waals surface area contributed by atoms with E-state index in [9.17, 15) is 4.79 Å². The van der Waals surface area contributed by atoms with Gasteiger partial charge in [0.05, 0.1) is 12.0 Å². The van der Waals surface area contributed by atoms with Crippen molar-refractivity contribution >= 4 is 5.91 Å². The lowest BCUT2D eigenvalue weighted by Gasteiger charge is -2.25. The summed E-state index contributed by atoms with van der Waals surface area (Å²) in [6.45, 7) is 10.7. The van der Waals surface area contributed by atoms with Crippen molar-refractivity contribution in [3.63, 3.8) is 0 Å². The van der Waals surface area contributed by atoms with Crippen molar-refractivity contribution in [3.8, 4) is 5.75 Å². The number of carbonyl (C=O) groups is 1. The van der Waals surface area contributed by atoms with Gasteiger partial charge in [-0.2, -0.15) is 0 Å². The van der Waals surface area contributed by atoms with Gasteiger partial charge in [-0.1, -0.05) is 26.0 Å². The highest BCUT2D eigenvalue weighted by Crippen LogP contribution is 2.25. The molecule has 1 aromatic rings. The molecule has 1 aliphatic heterocycles. The Morgan fingerprint density at radius 2 is 2.04 bits per heavy atom. The molecule has 4 nitrogen and oxygen atoms in total. The number of rotatable bonds is 7. The second kappa shape index (κ2) is 7.82. The number of amides is 1. The molecular weight excluding hydrogens is 288 g/mol. The highest BCUT2D eigenvalue weighted by Gasteiger charge is 2.30. The highest BCUT2D eigenvalue weighted by molar-refractivity contribution is 5.87. The molecule has 1 unspecified atom stereocenters. The van der Waals surface area contributed by atoms with Crippen molar-refractivity contribution < 1.29 is 9.53 Å². The lowest BCUT2D eigenvalue weighted by atomic mass is 9.83. The normalized spacial score (nSPS) is 18.2. The molecule has 128 valence electrons.